The predicted octanol–water partition coefficient (Wildman–Crippen LogP) is 2.74. The number of rotatable bonds is 5. The van der Waals surface area contributed by atoms with Gasteiger partial charge in [-0.3, -0.25) is 0 Å². The molecule has 0 atom stereocenters. The van der Waals surface area contributed by atoms with Gasteiger partial charge in [0.2, 0.25) is 5.95 Å². The first-order valence-electron chi connectivity index (χ1n) is 6.56. The third kappa shape index (κ3) is 2.89. The molecule has 0 aliphatic heterocycles. The highest BCUT2D eigenvalue weighted by atomic mass is 35.5. The Kier molecular flexibility index (Phi) is 3.97. The van der Waals surface area contributed by atoms with Crippen LogP contribution in [0.15, 0.2) is 34.7 Å². The van der Waals surface area contributed by atoms with E-state index in [0.717, 1.165) is 17.1 Å². The molecule has 22 heavy (non-hydrogen) atoms. The predicted molar refractivity (Wildman–Crippen MR) is 81.8 cm³/mol. The quantitative estimate of drug-likeness (QED) is 0.779. The van der Waals surface area contributed by atoms with Crippen molar-refractivity contribution < 1.29 is 9.15 Å². The third-order valence-corrected chi connectivity index (χ3v) is 3.43. The van der Waals surface area contributed by atoms with Crippen molar-refractivity contribution in [3.8, 4) is 17.1 Å². The largest absolute Gasteiger partial charge is 0.495 e. The van der Waals surface area contributed by atoms with Crippen molar-refractivity contribution in [2.75, 3.05) is 12.4 Å². The summed E-state index contributed by atoms with van der Waals surface area (Å²) in [5.74, 6) is 2.71. The molecule has 0 aliphatic rings. The SMILES string of the molecule is COc1ccc(-c2ccc(CNc3nnnn3C)o2)cc1Cl. The number of nitrogens with zero attached hydrogens (tertiary/aromatic N) is 4. The lowest BCUT2D eigenvalue weighted by Crippen LogP contribution is -2.04. The molecule has 1 aromatic carbocycles. The van der Waals surface area contributed by atoms with Gasteiger partial charge in [-0.25, -0.2) is 4.68 Å². The molecule has 1 N–H and O–H groups in total. The average Bonchev–Trinajstić information content (AvgIpc) is 3.14. The van der Waals surface area contributed by atoms with Crippen LogP contribution in [0.3, 0.4) is 0 Å². The molecular weight excluding hydrogens is 306 g/mol. The molecule has 0 unspecified atom stereocenters. The molecule has 0 saturated heterocycles. The number of nitrogens with one attached hydrogen (secondary N) is 1. The Labute approximate surface area is 131 Å². The van der Waals surface area contributed by atoms with Crippen LogP contribution in [0.4, 0.5) is 5.95 Å². The van der Waals surface area contributed by atoms with E-state index in [0.29, 0.717) is 23.3 Å². The zero-order valence-electron chi connectivity index (χ0n) is 12.1. The Hall–Kier alpha value is -2.54. The number of furan rings is 1. The van der Waals surface area contributed by atoms with Crippen molar-refractivity contribution in [1.82, 2.24) is 20.2 Å². The van der Waals surface area contributed by atoms with Crippen LogP contribution in [0.2, 0.25) is 5.02 Å². The molecule has 114 valence electrons. The van der Waals surface area contributed by atoms with E-state index in [1.165, 1.54) is 0 Å². The van der Waals surface area contributed by atoms with Gasteiger partial charge in [-0.1, -0.05) is 16.7 Å². The van der Waals surface area contributed by atoms with Crippen LogP contribution in [0.5, 0.6) is 5.75 Å². The first-order chi connectivity index (χ1) is 10.7. The number of anilines is 1. The van der Waals surface area contributed by atoms with Gasteiger partial charge in [0.1, 0.15) is 17.3 Å². The maximum absolute atomic E-state index is 6.13. The maximum atomic E-state index is 6.13. The number of benzene rings is 1. The number of ether oxygens (including phenoxy) is 1. The normalized spacial score (nSPS) is 10.7. The number of aromatic nitrogens is 4. The summed E-state index contributed by atoms with van der Waals surface area (Å²) < 4.78 is 12.5. The summed E-state index contributed by atoms with van der Waals surface area (Å²) in [5.41, 5.74) is 0.886. The summed E-state index contributed by atoms with van der Waals surface area (Å²) in [4.78, 5) is 0. The highest BCUT2D eigenvalue weighted by Crippen LogP contribution is 2.31. The van der Waals surface area contributed by atoms with Crippen LogP contribution in [0.25, 0.3) is 11.3 Å². The van der Waals surface area contributed by atoms with Gasteiger partial charge in [-0.2, -0.15) is 0 Å². The van der Waals surface area contributed by atoms with E-state index in [4.69, 9.17) is 20.8 Å². The van der Waals surface area contributed by atoms with Crippen molar-refractivity contribution in [3.05, 3.63) is 41.1 Å². The number of hydrogen-bond donors (Lipinski definition) is 1. The molecule has 7 nitrogen and oxygen atoms in total. The molecule has 0 bridgehead atoms. The number of tetrazole rings is 1. The highest BCUT2D eigenvalue weighted by Gasteiger charge is 2.09. The maximum Gasteiger partial charge on any atom is 0.243 e. The van der Waals surface area contributed by atoms with Gasteiger partial charge in [0, 0.05) is 12.6 Å². The summed E-state index contributed by atoms with van der Waals surface area (Å²) in [5, 5.41) is 14.8. The summed E-state index contributed by atoms with van der Waals surface area (Å²) in [6.45, 7) is 0.484. The second kappa shape index (κ2) is 6.07. The van der Waals surface area contributed by atoms with E-state index in [2.05, 4.69) is 20.8 Å². The third-order valence-electron chi connectivity index (χ3n) is 3.14. The molecule has 0 spiro atoms. The second-order valence-electron chi connectivity index (χ2n) is 4.59. The summed E-state index contributed by atoms with van der Waals surface area (Å²) in [7, 11) is 3.34. The molecule has 3 aromatic rings. The fourth-order valence-corrected chi connectivity index (χ4v) is 2.25. The molecule has 0 saturated carbocycles. The molecule has 8 heteroatoms. The Morgan fingerprint density at radius 1 is 1.32 bits per heavy atom. The lowest BCUT2D eigenvalue weighted by Gasteiger charge is -2.04. The minimum Gasteiger partial charge on any atom is -0.495 e. The minimum atomic E-state index is 0.484. The number of halogens is 1. The molecular formula is C14H14ClN5O2. The Bertz CT molecular complexity index is 783. The number of methoxy groups -OCH3 is 1. The Morgan fingerprint density at radius 2 is 2.18 bits per heavy atom. The summed E-state index contributed by atoms with van der Waals surface area (Å²) >= 11 is 6.13. The van der Waals surface area contributed by atoms with Crippen molar-refractivity contribution in [1.29, 1.82) is 0 Å². The van der Waals surface area contributed by atoms with Gasteiger partial charge in [-0.05, 0) is 40.8 Å². The lowest BCUT2D eigenvalue weighted by molar-refractivity contribution is 0.415. The van der Waals surface area contributed by atoms with E-state index < -0.39 is 0 Å². The summed E-state index contributed by atoms with van der Waals surface area (Å²) in [6.07, 6.45) is 0. The van der Waals surface area contributed by atoms with E-state index in [9.17, 15) is 0 Å². The van der Waals surface area contributed by atoms with Crippen molar-refractivity contribution in [2.45, 2.75) is 6.54 Å². The molecule has 0 radical (unpaired) electrons. The zero-order chi connectivity index (χ0) is 15.5. The van der Waals surface area contributed by atoms with E-state index in [1.54, 1.807) is 18.8 Å². The first kappa shape index (κ1) is 14.4. The van der Waals surface area contributed by atoms with Gasteiger partial charge >= 0.3 is 0 Å². The van der Waals surface area contributed by atoms with E-state index >= 15 is 0 Å². The molecule has 2 heterocycles. The van der Waals surface area contributed by atoms with Gasteiger partial charge in [-0.15, -0.1) is 0 Å². The molecule has 3 rings (SSSR count). The van der Waals surface area contributed by atoms with Gasteiger partial charge in [0.05, 0.1) is 18.7 Å². The van der Waals surface area contributed by atoms with Crippen LogP contribution >= 0.6 is 11.6 Å². The van der Waals surface area contributed by atoms with Crippen molar-refractivity contribution in [3.63, 3.8) is 0 Å². The Morgan fingerprint density at radius 3 is 2.86 bits per heavy atom. The van der Waals surface area contributed by atoms with E-state index in [-0.39, 0.29) is 0 Å². The fraction of sp³-hybridized carbons (Fsp3) is 0.214. The molecule has 0 amide bonds. The van der Waals surface area contributed by atoms with Crippen LogP contribution < -0.4 is 10.1 Å². The van der Waals surface area contributed by atoms with Crippen LogP contribution in [0, 0.1) is 0 Å². The molecule has 0 fully saturated rings. The van der Waals surface area contributed by atoms with Crippen LogP contribution in [-0.4, -0.2) is 27.3 Å². The van der Waals surface area contributed by atoms with Gasteiger partial charge in [0.15, 0.2) is 0 Å². The second-order valence-corrected chi connectivity index (χ2v) is 5.00. The van der Waals surface area contributed by atoms with Gasteiger partial charge < -0.3 is 14.5 Å². The molecule has 0 aliphatic carbocycles. The monoisotopic (exact) mass is 319 g/mol. The van der Waals surface area contributed by atoms with Crippen LogP contribution in [-0.2, 0) is 13.6 Å². The van der Waals surface area contributed by atoms with Crippen LogP contribution in [0.1, 0.15) is 5.76 Å². The zero-order valence-corrected chi connectivity index (χ0v) is 12.8. The number of aryl methyl sites for hydroxylation is 1. The average molecular weight is 320 g/mol. The van der Waals surface area contributed by atoms with E-state index in [1.807, 2.05) is 30.3 Å². The number of hydrogen-bond acceptors (Lipinski definition) is 6. The smallest absolute Gasteiger partial charge is 0.243 e. The fourth-order valence-electron chi connectivity index (χ4n) is 1.99. The standard InChI is InChI=1S/C14H14ClN5O2/c1-20-14(17-18-19-20)16-8-10-4-6-12(22-10)9-3-5-13(21-2)11(15)7-9/h3-7H,8H2,1-2H3,(H,16,17,19). The minimum absolute atomic E-state index is 0.484. The summed E-state index contributed by atoms with van der Waals surface area (Å²) in [6, 6.07) is 9.30. The van der Waals surface area contributed by atoms with Crippen molar-refractivity contribution in [2.24, 2.45) is 7.05 Å². The topological polar surface area (TPSA) is 78.0 Å². The Balaban J connectivity index is 1.73. The van der Waals surface area contributed by atoms with Gasteiger partial charge in [0.25, 0.3) is 0 Å². The lowest BCUT2D eigenvalue weighted by atomic mass is 10.2. The first-order valence-corrected chi connectivity index (χ1v) is 6.94. The molecule has 2 aromatic heterocycles. The van der Waals surface area contributed by atoms with Crippen molar-refractivity contribution >= 4 is 17.5 Å². The highest BCUT2D eigenvalue weighted by molar-refractivity contribution is 6.32.